The highest BCUT2D eigenvalue weighted by Gasteiger charge is 2.15. The molecular formula is C11H8F2N4. The molecule has 0 bridgehead atoms. The fourth-order valence-corrected chi connectivity index (χ4v) is 1.70. The molecule has 2 N–H and O–H groups in total. The van der Waals surface area contributed by atoms with Gasteiger partial charge in [0.15, 0.2) is 0 Å². The van der Waals surface area contributed by atoms with E-state index in [1.165, 1.54) is 6.21 Å². The van der Waals surface area contributed by atoms with E-state index in [0.29, 0.717) is 18.1 Å². The largest absolute Gasteiger partial charge is 0.340 e. The van der Waals surface area contributed by atoms with Crippen molar-refractivity contribution in [2.24, 2.45) is 5.10 Å². The quantitative estimate of drug-likeness (QED) is 0.790. The molecule has 2 heterocycles. The zero-order valence-corrected chi connectivity index (χ0v) is 8.67. The molecule has 0 amide bonds. The second-order valence-electron chi connectivity index (χ2n) is 3.67. The first-order chi connectivity index (χ1) is 8.24. The highest BCUT2D eigenvalue weighted by molar-refractivity contribution is 5.80. The van der Waals surface area contributed by atoms with E-state index >= 15 is 0 Å². The maximum atomic E-state index is 13.5. The predicted octanol–water partition coefficient (Wildman–Crippen LogP) is 1.79. The van der Waals surface area contributed by atoms with E-state index < -0.39 is 11.6 Å². The number of H-pyrrole nitrogens is 1. The maximum Gasteiger partial charge on any atom is 0.141 e. The molecule has 1 aromatic heterocycles. The Bertz CT molecular complexity index is 604. The highest BCUT2D eigenvalue weighted by atomic mass is 19.1. The van der Waals surface area contributed by atoms with Crippen molar-refractivity contribution in [2.45, 2.75) is 6.54 Å². The molecule has 0 radical (unpaired) electrons. The van der Waals surface area contributed by atoms with Crippen LogP contribution in [0.3, 0.4) is 0 Å². The van der Waals surface area contributed by atoms with Crippen molar-refractivity contribution in [3.63, 3.8) is 0 Å². The van der Waals surface area contributed by atoms with E-state index in [0.717, 1.165) is 23.9 Å². The molecule has 4 nitrogen and oxygen atoms in total. The van der Waals surface area contributed by atoms with Crippen molar-refractivity contribution in [2.75, 3.05) is 0 Å². The van der Waals surface area contributed by atoms with E-state index in [2.05, 4.69) is 20.5 Å². The third-order valence-corrected chi connectivity index (χ3v) is 2.53. The van der Waals surface area contributed by atoms with Gasteiger partial charge < -0.3 is 10.4 Å². The summed E-state index contributed by atoms with van der Waals surface area (Å²) in [5.41, 5.74) is 4.33. The van der Waals surface area contributed by atoms with Crippen molar-refractivity contribution in [3.8, 4) is 11.4 Å². The zero-order valence-electron chi connectivity index (χ0n) is 8.67. The first kappa shape index (κ1) is 9.95. The van der Waals surface area contributed by atoms with E-state index in [-0.39, 0.29) is 5.56 Å². The Kier molecular flexibility index (Phi) is 2.14. The first-order valence-electron chi connectivity index (χ1n) is 5.04. The summed E-state index contributed by atoms with van der Waals surface area (Å²) in [5.74, 6) is -0.702. The smallest absolute Gasteiger partial charge is 0.141 e. The van der Waals surface area contributed by atoms with Gasteiger partial charge in [0.2, 0.25) is 0 Å². The minimum Gasteiger partial charge on any atom is -0.340 e. The number of aromatic amines is 1. The lowest BCUT2D eigenvalue weighted by molar-refractivity contribution is 0.602. The third-order valence-electron chi connectivity index (χ3n) is 2.53. The fourth-order valence-electron chi connectivity index (χ4n) is 1.70. The van der Waals surface area contributed by atoms with Crippen molar-refractivity contribution in [1.82, 2.24) is 15.4 Å². The molecule has 0 saturated carbocycles. The highest BCUT2D eigenvalue weighted by Crippen LogP contribution is 2.22. The lowest BCUT2D eigenvalue weighted by Gasteiger charge is -2.03. The van der Waals surface area contributed by atoms with Crippen LogP contribution in [0.5, 0.6) is 0 Å². The zero-order chi connectivity index (χ0) is 11.8. The summed E-state index contributed by atoms with van der Waals surface area (Å²) in [4.78, 5) is 7.12. The molecule has 0 unspecified atom stereocenters. The lowest BCUT2D eigenvalue weighted by atomic mass is 10.2. The van der Waals surface area contributed by atoms with Crippen LogP contribution >= 0.6 is 0 Å². The Morgan fingerprint density at radius 1 is 1.24 bits per heavy atom. The molecule has 2 aromatic rings. The number of imidazole rings is 1. The summed E-state index contributed by atoms with van der Waals surface area (Å²) >= 11 is 0. The van der Waals surface area contributed by atoms with Crippen LogP contribution in [0, 0.1) is 11.6 Å². The number of fused-ring (bicyclic) bond motifs is 1. The standard InChI is InChI=1S/C11H8F2N4/c12-6-1-2-8(13)7(3-6)11-16-9-4-14-15-5-10(9)17-11/h1-4,15H,5H2,(H,16,17). The summed E-state index contributed by atoms with van der Waals surface area (Å²) < 4.78 is 26.6. The summed E-state index contributed by atoms with van der Waals surface area (Å²) in [5, 5.41) is 3.84. The maximum absolute atomic E-state index is 13.5. The average molecular weight is 234 g/mol. The molecule has 0 spiro atoms. The van der Waals surface area contributed by atoms with E-state index in [1.54, 1.807) is 0 Å². The summed E-state index contributed by atoms with van der Waals surface area (Å²) in [7, 11) is 0. The normalized spacial score (nSPS) is 13.3. The number of nitrogens with one attached hydrogen (secondary N) is 2. The van der Waals surface area contributed by atoms with Crippen LogP contribution in [0.25, 0.3) is 11.4 Å². The molecule has 1 aliphatic rings. The SMILES string of the molecule is Fc1ccc(F)c(-c2nc3c([nH]2)CNN=C3)c1. The Labute approximate surface area is 95.4 Å². The van der Waals surface area contributed by atoms with Crippen LogP contribution in [-0.4, -0.2) is 16.2 Å². The molecular weight excluding hydrogens is 226 g/mol. The second kappa shape index (κ2) is 3.65. The number of hydrogen-bond acceptors (Lipinski definition) is 3. The molecule has 0 atom stereocenters. The van der Waals surface area contributed by atoms with Gasteiger partial charge in [-0.3, -0.25) is 0 Å². The van der Waals surface area contributed by atoms with Crippen LogP contribution in [0.2, 0.25) is 0 Å². The number of aromatic nitrogens is 2. The number of hydrogen-bond donors (Lipinski definition) is 2. The fraction of sp³-hybridized carbons (Fsp3) is 0.0909. The molecule has 6 heteroatoms. The Morgan fingerprint density at radius 3 is 2.94 bits per heavy atom. The Balaban J connectivity index is 2.12. The minimum atomic E-state index is -0.512. The summed E-state index contributed by atoms with van der Waals surface area (Å²) in [6.45, 7) is 0.496. The monoisotopic (exact) mass is 234 g/mol. The number of halogens is 2. The van der Waals surface area contributed by atoms with Gasteiger partial charge in [0, 0.05) is 0 Å². The van der Waals surface area contributed by atoms with Gasteiger partial charge in [-0.1, -0.05) is 0 Å². The molecule has 3 rings (SSSR count). The van der Waals surface area contributed by atoms with Gasteiger partial charge in [0.1, 0.15) is 23.2 Å². The lowest BCUT2D eigenvalue weighted by Crippen LogP contribution is -2.12. The van der Waals surface area contributed by atoms with Crippen LogP contribution in [0.15, 0.2) is 23.3 Å². The number of benzene rings is 1. The molecule has 0 fully saturated rings. The van der Waals surface area contributed by atoms with Crippen LogP contribution < -0.4 is 5.43 Å². The van der Waals surface area contributed by atoms with Crippen molar-refractivity contribution in [3.05, 3.63) is 41.2 Å². The molecule has 17 heavy (non-hydrogen) atoms. The molecule has 86 valence electrons. The van der Waals surface area contributed by atoms with E-state index in [1.807, 2.05) is 0 Å². The molecule has 1 aliphatic heterocycles. The van der Waals surface area contributed by atoms with Gasteiger partial charge in [-0.25, -0.2) is 13.8 Å². The van der Waals surface area contributed by atoms with Gasteiger partial charge in [-0.15, -0.1) is 0 Å². The third kappa shape index (κ3) is 1.67. The molecule has 0 saturated heterocycles. The second-order valence-corrected chi connectivity index (χ2v) is 3.67. The Morgan fingerprint density at radius 2 is 2.12 bits per heavy atom. The van der Waals surface area contributed by atoms with Crippen molar-refractivity contribution in [1.29, 1.82) is 0 Å². The van der Waals surface area contributed by atoms with Gasteiger partial charge in [0.05, 0.1) is 24.0 Å². The summed E-state index contributed by atoms with van der Waals surface area (Å²) in [6.07, 6.45) is 1.54. The Hall–Kier alpha value is -2.24. The van der Waals surface area contributed by atoms with E-state index in [4.69, 9.17) is 0 Å². The average Bonchev–Trinajstić information content (AvgIpc) is 2.75. The predicted molar refractivity (Wildman–Crippen MR) is 58.4 cm³/mol. The van der Waals surface area contributed by atoms with Gasteiger partial charge in [0.25, 0.3) is 0 Å². The van der Waals surface area contributed by atoms with Gasteiger partial charge in [-0.05, 0) is 18.2 Å². The van der Waals surface area contributed by atoms with Crippen LogP contribution in [0.1, 0.15) is 11.4 Å². The number of rotatable bonds is 1. The first-order valence-corrected chi connectivity index (χ1v) is 5.04. The summed E-state index contributed by atoms with van der Waals surface area (Å²) in [6, 6.07) is 3.27. The van der Waals surface area contributed by atoms with Crippen molar-refractivity contribution < 1.29 is 8.78 Å². The van der Waals surface area contributed by atoms with E-state index in [9.17, 15) is 8.78 Å². The molecule has 0 aliphatic carbocycles. The minimum absolute atomic E-state index is 0.118. The van der Waals surface area contributed by atoms with Crippen LogP contribution in [0.4, 0.5) is 8.78 Å². The topological polar surface area (TPSA) is 53.1 Å². The van der Waals surface area contributed by atoms with Gasteiger partial charge >= 0.3 is 0 Å². The number of nitrogens with zero attached hydrogens (tertiary/aromatic N) is 2. The number of hydrazone groups is 1. The molecule has 1 aromatic carbocycles. The van der Waals surface area contributed by atoms with Crippen LogP contribution in [-0.2, 0) is 6.54 Å². The van der Waals surface area contributed by atoms with Crippen molar-refractivity contribution >= 4 is 6.21 Å². The van der Waals surface area contributed by atoms with Gasteiger partial charge in [-0.2, -0.15) is 5.10 Å².